The Balaban J connectivity index is 2.45. The minimum Gasteiger partial charge on any atom is -0.493 e. The number of nitrogens with two attached hydrogens (primary N) is 1. The Morgan fingerprint density at radius 3 is 2.75 bits per heavy atom. The Morgan fingerprint density at radius 2 is 2.06 bits per heavy atom. The Kier molecular flexibility index (Phi) is 5.05. The molecule has 0 aliphatic rings. The standard InChI is InChI=1S/C12H18FNO2/c1-3-15-5-4-6-16-12-8-11(14)10(13)7-9(12)2/h7-8H,3-6,14H2,1-2H3. The summed E-state index contributed by atoms with van der Waals surface area (Å²) in [7, 11) is 0. The number of hydrogen-bond donors (Lipinski definition) is 1. The molecule has 0 amide bonds. The molecule has 0 radical (unpaired) electrons. The number of hydrogen-bond acceptors (Lipinski definition) is 3. The molecule has 0 unspecified atom stereocenters. The van der Waals surface area contributed by atoms with E-state index in [1.807, 2.05) is 6.92 Å². The predicted molar refractivity (Wildman–Crippen MR) is 62.2 cm³/mol. The van der Waals surface area contributed by atoms with Gasteiger partial charge in [-0.1, -0.05) is 0 Å². The van der Waals surface area contributed by atoms with Crippen molar-refractivity contribution in [3.63, 3.8) is 0 Å². The van der Waals surface area contributed by atoms with Gasteiger partial charge in [0.2, 0.25) is 0 Å². The number of nitrogen functional groups attached to an aromatic ring is 1. The van der Waals surface area contributed by atoms with E-state index in [9.17, 15) is 4.39 Å². The van der Waals surface area contributed by atoms with Crippen LogP contribution in [0.3, 0.4) is 0 Å². The summed E-state index contributed by atoms with van der Waals surface area (Å²) in [6.45, 7) is 5.67. The first kappa shape index (κ1) is 12.8. The van der Waals surface area contributed by atoms with Gasteiger partial charge in [-0.3, -0.25) is 0 Å². The van der Waals surface area contributed by atoms with E-state index in [-0.39, 0.29) is 5.69 Å². The lowest BCUT2D eigenvalue weighted by molar-refractivity contribution is 0.130. The number of aryl methyl sites for hydroxylation is 1. The molecule has 90 valence electrons. The second-order valence-electron chi connectivity index (χ2n) is 3.54. The van der Waals surface area contributed by atoms with Crippen LogP contribution in [0.15, 0.2) is 12.1 Å². The van der Waals surface area contributed by atoms with Gasteiger partial charge in [-0.2, -0.15) is 0 Å². The van der Waals surface area contributed by atoms with Crippen LogP contribution in [0.5, 0.6) is 5.75 Å². The van der Waals surface area contributed by atoms with Gasteiger partial charge in [0.25, 0.3) is 0 Å². The average Bonchev–Trinajstić information content (AvgIpc) is 2.25. The third-order valence-corrected chi connectivity index (χ3v) is 2.19. The highest BCUT2D eigenvalue weighted by Crippen LogP contribution is 2.23. The third kappa shape index (κ3) is 3.70. The molecule has 0 atom stereocenters. The zero-order chi connectivity index (χ0) is 12.0. The van der Waals surface area contributed by atoms with Crippen LogP contribution in [0.25, 0.3) is 0 Å². The van der Waals surface area contributed by atoms with Crippen LogP contribution in [-0.4, -0.2) is 19.8 Å². The van der Waals surface area contributed by atoms with E-state index in [1.165, 1.54) is 12.1 Å². The molecule has 0 heterocycles. The van der Waals surface area contributed by atoms with Crippen molar-refractivity contribution in [1.82, 2.24) is 0 Å². The number of rotatable bonds is 6. The molecule has 0 fully saturated rings. The minimum atomic E-state index is -0.404. The van der Waals surface area contributed by atoms with Crippen molar-refractivity contribution in [2.75, 3.05) is 25.6 Å². The van der Waals surface area contributed by atoms with Gasteiger partial charge in [0, 0.05) is 25.7 Å². The van der Waals surface area contributed by atoms with Gasteiger partial charge in [-0.15, -0.1) is 0 Å². The molecular formula is C12H18FNO2. The van der Waals surface area contributed by atoms with Gasteiger partial charge < -0.3 is 15.2 Å². The van der Waals surface area contributed by atoms with Gasteiger partial charge in [0.05, 0.1) is 12.3 Å². The highest BCUT2D eigenvalue weighted by atomic mass is 19.1. The van der Waals surface area contributed by atoms with Gasteiger partial charge in [-0.05, 0) is 25.5 Å². The van der Waals surface area contributed by atoms with E-state index in [4.69, 9.17) is 15.2 Å². The van der Waals surface area contributed by atoms with Crippen LogP contribution >= 0.6 is 0 Å². The first-order valence-corrected chi connectivity index (χ1v) is 5.41. The molecule has 0 aliphatic carbocycles. The summed E-state index contributed by atoms with van der Waals surface area (Å²) >= 11 is 0. The topological polar surface area (TPSA) is 44.5 Å². The highest BCUT2D eigenvalue weighted by molar-refractivity contribution is 5.49. The zero-order valence-electron chi connectivity index (χ0n) is 9.75. The fraction of sp³-hybridized carbons (Fsp3) is 0.500. The van der Waals surface area contributed by atoms with Gasteiger partial charge in [0.15, 0.2) is 0 Å². The number of ether oxygens (including phenoxy) is 2. The second kappa shape index (κ2) is 6.33. The SMILES string of the molecule is CCOCCCOc1cc(N)c(F)cc1C. The van der Waals surface area contributed by atoms with Crippen LogP contribution in [0.1, 0.15) is 18.9 Å². The van der Waals surface area contributed by atoms with Crippen molar-refractivity contribution < 1.29 is 13.9 Å². The first-order chi connectivity index (χ1) is 7.65. The Hall–Kier alpha value is -1.29. The maximum absolute atomic E-state index is 13.0. The van der Waals surface area contributed by atoms with Crippen LogP contribution in [0.2, 0.25) is 0 Å². The fourth-order valence-corrected chi connectivity index (χ4v) is 1.31. The summed E-state index contributed by atoms with van der Waals surface area (Å²) in [5, 5.41) is 0. The first-order valence-electron chi connectivity index (χ1n) is 5.41. The molecule has 3 nitrogen and oxygen atoms in total. The van der Waals surface area contributed by atoms with E-state index in [0.29, 0.717) is 25.6 Å². The van der Waals surface area contributed by atoms with Crippen LogP contribution in [0, 0.1) is 12.7 Å². The largest absolute Gasteiger partial charge is 0.493 e. The van der Waals surface area contributed by atoms with Crippen molar-refractivity contribution in [3.8, 4) is 5.75 Å². The molecule has 1 aromatic carbocycles. The average molecular weight is 227 g/mol. The fourth-order valence-electron chi connectivity index (χ4n) is 1.31. The smallest absolute Gasteiger partial charge is 0.146 e. The Morgan fingerprint density at radius 1 is 1.31 bits per heavy atom. The second-order valence-corrected chi connectivity index (χ2v) is 3.54. The monoisotopic (exact) mass is 227 g/mol. The molecular weight excluding hydrogens is 209 g/mol. The van der Waals surface area contributed by atoms with E-state index in [2.05, 4.69) is 0 Å². The van der Waals surface area contributed by atoms with Gasteiger partial charge in [-0.25, -0.2) is 4.39 Å². The summed E-state index contributed by atoms with van der Waals surface area (Å²) in [5.74, 6) is 0.231. The summed E-state index contributed by atoms with van der Waals surface area (Å²) in [6, 6.07) is 2.90. The summed E-state index contributed by atoms with van der Waals surface area (Å²) in [6.07, 6.45) is 0.810. The molecule has 0 saturated carbocycles. The van der Waals surface area contributed by atoms with Gasteiger partial charge in [0.1, 0.15) is 11.6 Å². The Labute approximate surface area is 95.4 Å². The molecule has 0 bridgehead atoms. The lowest BCUT2D eigenvalue weighted by Gasteiger charge is -2.10. The molecule has 0 aromatic heterocycles. The van der Waals surface area contributed by atoms with Crippen molar-refractivity contribution in [1.29, 1.82) is 0 Å². The normalized spacial score (nSPS) is 10.4. The molecule has 1 rings (SSSR count). The predicted octanol–water partition coefficient (Wildman–Crippen LogP) is 2.52. The third-order valence-electron chi connectivity index (χ3n) is 2.19. The van der Waals surface area contributed by atoms with Gasteiger partial charge >= 0.3 is 0 Å². The number of halogens is 1. The minimum absolute atomic E-state index is 0.116. The van der Waals surface area contributed by atoms with E-state index in [1.54, 1.807) is 6.92 Å². The van der Waals surface area contributed by atoms with Crippen LogP contribution in [-0.2, 0) is 4.74 Å². The highest BCUT2D eigenvalue weighted by Gasteiger charge is 2.05. The lowest BCUT2D eigenvalue weighted by Crippen LogP contribution is -2.04. The maximum Gasteiger partial charge on any atom is 0.146 e. The van der Waals surface area contributed by atoms with E-state index >= 15 is 0 Å². The lowest BCUT2D eigenvalue weighted by atomic mass is 10.2. The molecule has 0 spiro atoms. The molecule has 1 aromatic rings. The molecule has 0 aliphatic heterocycles. The molecule has 0 saturated heterocycles. The van der Waals surface area contributed by atoms with Crippen molar-refractivity contribution >= 4 is 5.69 Å². The summed E-state index contributed by atoms with van der Waals surface area (Å²) in [5.41, 5.74) is 6.33. The Bertz CT molecular complexity index is 342. The zero-order valence-corrected chi connectivity index (χ0v) is 9.75. The summed E-state index contributed by atoms with van der Waals surface area (Å²) < 4.78 is 23.7. The maximum atomic E-state index is 13.0. The van der Waals surface area contributed by atoms with Crippen LogP contribution < -0.4 is 10.5 Å². The molecule has 16 heavy (non-hydrogen) atoms. The van der Waals surface area contributed by atoms with Crippen molar-refractivity contribution in [3.05, 3.63) is 23.5 Å². The van der Waals surface area contributed by atoms with Crippen molar-refractivity contribution in [2.24, 2.45) is 0 Å². The number of anilines is 1. The van der Waals surface area contributed by atoms with E-state index < -0.39 is 5.82 Å². The quantitative estimate of drug-likeness (QED) is 0.600. The summed E-state index contributed by atoms with van der Waals surface area (Å²) in [4.78, 5) is 0. The van der Waals surface area contributed by atoms with Crippen molar-refractivity contribution in [2.45, 2.75) is 20.3 Å². The van der Waals surface area contributed by atoms with E-state index in [0.717, 1.165) is 12.0 Å². The van der Waals surface area contributed by atoms with Crippen LogP contribution in [0.4, 0.5) is 10.1 Å². The molecule has 4 heteroatoms. The number of benzene rings is 1. The molecule has 2 N–H and O–H groups in total.